The van der Waals surface area contributed by atoms with Crippen molar-refractivity contribution in [3.05, 3.63) is 528 Å². The molecule has 0 aliphatic carbocycles. The molecule has 0 N–H and O–H groups in total. The maximum absolute atomic E-state index is 5.31. The first-order valence-electron chi connectivity index (χ1n) is 50.4. The molecule has 0 radical (unpaired) electrons. The fourth-order valence-corrected chi connectivity index (χ4v) is 21.8. The van der Waals surface area contributed by atoms with Crippen molar-refractivity contribution in [2.45, 2.75) is 0 Å². The van der Waals surface area contributed by atoms with Crippen LogP contribution in [0.2, 0.25) is 0 Å². The highest BCUT2D eigenvalue weighted by atomic mass is 15.3. The summed E-state index contributed by atoms with van der Waals surface area (Å²) in [7, 11) is 0. The minimum absolute atomic E-state index is 0.569. The van der Waals surface area contributed by atoms with Crippen LogP contribution in [0.25, 0.3) is 267 Å². The highest BCUT2D eigenvalue weighted by molar-refractivity contribution is 6.16. The summed E-state index contributed by atoms with van der Waals surface area (Å²) in [5.41, 5.74) is 29.3. The number of hydrogen-bond acceptors (Lipinski definition) is 9. The van der Waals surface area contributed by atoms with E-state index in [2.05, 4.69) is 482 Å². The van der Waals surface area contributed by atoms with Gasteiger partial charge in [-0.2, -0.15) is 39.9 Å². The van der Waals surface area contributed by atoms with Crippen LogP contribution in [0.1, 0.15) is 0 Å². The van der Waals surface area contributed by atoms with Gasteiger partial charge in [-0.05, 0) is 171 Å². The van der Waals surface area contributed by atoms with Gasteiger partial charge in [0.1, 0.15) is 0 Å². The van der Waals surface area contributed by atoms with Gasteiger partial charge in [0.05, 0.1) is 66.2 Å². The molecule has 30 aromatic rings. The molecule has 0 saturated carbocycles. The maximum atomic E-state index is 5.31. The van der Waals surface area contributed by atoms with Crippen molar-refractivity contribution in [3.63, 3.8) is 0 Å². The normalized spacial score (nSPS) is 11.6. The Morgan fingerprint density at radius 2 is 0.273 bits per heavy atom. The summed E-state index contributed by atoms with van der Waals surface area (Å²) in [6, 6.07) is 185. The number of hydrogen-bond donors (Lipinski definition) is 0. The summed E-state index contributed by atoms with van der Waals surface area (Å²) in [5, 5.41) is 13.9. The van der Waals surface area contributed by atoms with E-state index in [0.717, 1.165) is 148 Å². The van der Waals surface area contributed by atoms with Crippen LogP contribution < -0.4 is 0 Å². The minimum atomic E-state index is 0.569. The molecule has 15 nitrogen and oxygen atoms in total. The average molecular weight is 1920 g/mol. The van der Waals surface area contributed by atoms with Crippen LogP contribution in [0.15, 0.2) is 528 Å². The molecule has 0 aliphatic rings. The summed E-state index contributed by atoms with van der Waals surface area (Å²) in [4.78, 5) is 46.7. The average Bonchev–Trinajstić information content (AvgIpc) is 1.58. The van der Waals surface area contributed by atoms with Gasteiger partial charge in [-0.1, -0.05) is 413 Å². The van der Waals surface area contributed by atoms with Gasteiger partial charge in [-0.25, -0.2) is 4.98 Å². The number of benzene rings is 21. The van der Waals surface area contributed by atoms with Crippen molar-refractivity contribution >= 4 is 131 Å². The molecule has 9 aromatic heterocycles. The van der Waals surface area contributed by atoms with Crippen LogP contribution in [0, 0.1) is 0 Å². The van der Waals surface area contributed by atoms with Crippen molar-refractivity contribution in [1.82, 2.24) is 72.3 Å². The Hall–Kier alpha value is -20.6. The largest absolute Gasteiger partial charge is 0.309 e. The summed E-state index contributed by atoms with van der Waals surface area (Å²) in [6.45, 7) is 0. The smallest absolute Gasteiger partial charge is 0.240 e. The van der Waals surface area contributed by atoms with Crippen LogP contribution in [0.3, 0.4) is 0 Å². The topological polar surface area (TPSA) is 146 Å². The van der Waals surface area contributed by atoms with Crippen LogP contribution in [-0.2, 0) is 0 Å². The van der Waals surface area contributed by atoms with E-state index in [0.29, 0.717) is 53.0 Å². The lowest BCUT2D eigenvalue weighted by Crippen LogP contribution is -2.10. The van der Waals surface area contributed by atoms with E-state index < -0.39 is 0 Å². The molecule has 0 unspecified atom stereocenters. The number of rotatable bonds is 15. The zero-order valence-corrected chi connectivity index (χ0v) is 80.9. The predicted molar refractivity (Wildman–Crippen MR) is 614 cm³/mol. The fraction of sp³-hybridized carbons (Fsp3) is 0. The van der Waals surface area contributed by atoms with Crippen molar-refractivity contribution in [3.8, 4) is 137 Å². The first-order chi connectivity index (χ1) is 74.4. The molecule has 9 heterocycles. The molecule has 0 spiro atoms. The van der Waals surface area contributed by atoms with Crippen molar-refractivity contribution in [2.75, 3.05) is 0 Å². The van der Waals surface area contributed by atoms with E-state index in [9.17, 15) is 0 Å². The second-order valence-electron chi connectivity index (χ2n) is 37.6. The highest BCUT2D eigenvalue weighted by Crippen LogP contribution is 2.45. The molecule has 15 heteroatoms. The van der Waals surface area contributed by atoms with Crippen molar-refractivity contribution < 1.29 is 0 Å². The molecule has 0 bridgehead atoms. The van der Waals surface area contributed by atoms with E-state index >= 15 is 0 Å². The Morgan fingerprint density at radius 1 is 0.100 bits per heavy atom. The van der Waals surface area contributed by atoms with E-state index in [1.54, 1.807) is 0 Å². The first-order valence-corrected chi connectivity index (χ1v) is 50.4. The van der Waals surface area contributed by atoms with Gasteiger partial charge in [0.15, 0.2) is 23.3 Å². The molecule has 0 saturated heterocycles. The summed E-state index contributed by atoms with van der Waals surface area (Å²) in [6.07, 6.45) is 0. The summed E-state index contributed by atoms with van der Waals surface area (Å²) in [5.74, 6) is 5.33. The molecule has 0 amide bonds. The Labute approximate surface area is 861 Å². The van der Waals surface area contributed by atoms with Crippen molar-refractivity contribution in [2.24, 2.45) is 0 Å². The first kappa shape index (κ1) is 87.3. The monoisotopic (exact) mass is 1920 g/mol. The Bertz CT molecular complexity index is 10200. The molecule has 150 heavy (non-hydrogen) atoms. The molecule has 30 rings (SSSR count). The predicted octanol–water partition coefficient (Wildman–Crippen LogP) is 33.2. The van der Waals surface area contributed by atoms with Crippen molar-refractivity contribution in [1.29, 1.82) is 0 Å². The van der Waals surface area contributed by atoms with Gasteiger partial charge in [0, 0.05) is 92.6 Å². The molecule has 21 aromatic carbocycles. The maximum Gasteiger partial charge on any atom is 0.240 e. The molecular formula is C135H87N15. The lowest BCUT2D eigenvalue weighted by Gasteiger charge is -2.13. The lowest BCUT2D eigenvalue weighted by molar-refractivity contribution is 0.892. The molecule has 0 fully saturated rings. The van der Waals surface area contributed by atoms with Gasteiger partial charge >= 0.3 is 0 Å². The second-order valence-corrected chi connectivity index (χ2v) is 37.6. The van der Waals surface area contributed by atoms with Gasteiger partial charge in [-0.15, -0.1) is 0 Å². The number of aromatic nitrogens is 15. The molecular weight excluding hydrogens is 1830 g/mol. The van der Waals surface area contributed by atoms with Gasteiger partial charge in [-0.3, -0.25) is 22.8 Å². The zero-order valence-electron chi connectivity index (χ0n) is 80.9. The summed E-state index contributed by atoms with van der Waals surface area (Å²) < 4.78 is 13.2. The van der Waals surface area contributed by atoms with E-state index in [1.165, 1.54) is 66.4 Å². The Balaban J connectivity index is 0.000000109. The van der Waals surface area contributed by atoms with Crippen LogP contribution in [0.4, 0.5) is 0 Å². The van der Waals surface area contributed by atoms with E-state index in [1.807, 2.05) is 72.8 Å². The summed E-state index contributed by atoms with van der Waals surface area (Å²) >= 11 is 0. The minimum Gasteiger partial charge on any atom is -0.309 e. The van der Waals surface area contributed by atoms with Gasteiger partial charge < -0.3 is 4.57 Å². The molecule has 0 atom stereocenters. The third kappa shape index (κ3) is 15.4. The highest BCUT2D eigenvalue weighted by Gasteiger charge is 2.28. The van der Waals surface area contributed by atoms with E-state index in [-0.39, 0.29) is 0 Å². The fourth-order valence-electron chi connectivity index (χ4n) is 21.8. The molecule has 702 valence electrons. The number of para-hydroxylation sites is 7. The lowest BCUT2D eigenvalue weighted by atomic mass is 10.0. The van der Waals surface area contributed by atoms with Gasteiger partial charge in [0.25, 0.3) is 0 Å². The van der Waals surface area contributed by atoms with Crippen LogP contribution in [0.5, 0.6) is 0 Å². The molecule has 0 aliphatic heterocycles. The Morgan fingerprint density at radius 3 is 0.520 bits per heavy atom. The third-order valence-corrected chi connectivity index (χ3v) is 28.8. The van der Waals surface area contributed by atoms with Crippen LogP contribution >= 0.6 is 0 Å². The van der Waals surface area contributed by atoms with E-state index in [4.69, 9.17) is 44.9 Å². The quantitative estimate of drug-likeness (QED) is 0.0979. The SMILES string of the molecule is c1ccc(-c2ccc3c(c2)c2ccccc2n3-c2cccc(-c3nc(-c4ccccc4)nc(-n4c5ccccc5c5cc(-c6ccccc6)ccc54)n3)c2)cc1.c1ccc(-c2ccc3c(c2)c2ccccc2n3-c2nc(-c3ccccc3)nc(-n3c4ccccc4c4cc(-c5ccccc5)ccc43)n2)cc1.c1ccc(-c2ccc3c(c2)c2ccccc2n3-c2nc(-c3ccccc3)nc(-n3c4ccccc4c4ccccc43)n2)cc1. The third-order valence-electron chi connectivity index (χ3n) is 28.8. The standard InChI is InChI=1S/C51H33N5.C45H29N5.C39H25N5/c1-4-15-34(16-5-1)37-27-29-47-43(32-37)41-23-10-12-25-45(41)55(47)40-22-14-21-39(31-40)50-52-49(36-19-8-3-9-20-36)53-51(54-50)56-46-26-13-11-24-42(46)44-33-38(28-30-48(44)56)35-17-6-2-7-18-35;1-4-14-30(15-5-1)33-24-26-41-37(28-33)35-20-10-12-22-39(35)49(41)44-46-43(32-18-8-3-9-19-32)47-45(48-44)50-40-23-13-11-21-36(40)38-29-34(25-27-42(38)50)31-16-6-2-7-17-31;1-3-13-26(14-4-1)28-23-24-36-32(25-28)31-19-9-12-22-35(31)44(36)39-41-37(27-15-5-2-6-16-27)40-38(42-39)43-33-20-10-7-17-29(33)30-18-8-11-21-34(30)43/h1-33H;1-29H;1-25H. The van der Waals surface area contributed by atoms with Gasteiger partial charge in [0.2, 0.25) is 29.7 Å². The number of nitrogens with zero attached hydrogens (tertiary/aromatic N) is 15. The van der Waals surface area contributed by atoms with Crippen LogP contribution in [-0.4, -0.2) is 72.3 Å². The zero-order chi connectivity index (χ0) is 99.1. The Kier molecular flexibility index (Phi) is 21.5. The number of fused-ring (bicyclic) bond motifs is 18. The second kappa shape index (κ2) is 37.0.